The fourth-order valence-electron chi connectivity index (χ4n) is 5.70. The van der Waals surface area contributed by atoms with Crippen molar-refractivity contribution in [3.05, 3.63) is 71.5 Å². The van der Waals surface area contributed by atoms with Crippen LogP contribution in [0.1, 0.15) is 43.0 Å². The van der Waals surface area contributed by atoms with Gasteiger partial charge in [0.1, 0.15) is 23.7 Å². The molecule has 1 fully saturated rings. The fourth-order valence-corrected chi connectivity index (χ4v) is 5.70. The van der Waals surface area contributed by atoms with Crippen LogP contribution in [0.5, 0.6) is 0 Å². The van der Waals surface area contributed by atoms with Gasteiger partial charge in [-0.05, 0) is 66.0 Å². The van der Waals surface area contributed by atoms with Crippen LogP contribution in [-0.2, 0) is 27.2 Å². The van der Waals surface area contributed by atoms with Gasteiger partial charge in [0.25, 0.3) is 0 Å². The highest BCUT2D eigenvalue weighted by Gasteiger charge is 2.49. The molecule has 1 aromatic heterocycles. The molecule has 0 spiro atoms. The average Bonchev–Trinajstić information content (AvgIpc) is 3.49. The first kappa shape index (κ1) is 24.1. The van der Waals surface area contributed by atoms with Gasteiger partial charge in [0.05, 0.1) is 6.26 Å². The number of hydrogen-bond donors (Lipinski definition) is 1. The molecule has 3 atom stereocenters. The first-order valence-electron chi connectivity index (χ1n) is 12.6. The lowest BCUT2D eigenvalue weighted by Crippen LogP contribution is -2.67. The molecular formula is C29H33N3O4. The smallest absolute Gasteiger partial charge is 0.249 e. The summed E-state index contributed by atoms with van der Waals surface area (Å²) in [5.41, 5.74) is 3.81. The number of amides is 3. The normalized spacial score (nSPS) is 21.1. The number of carbonyl (C=O) groups excluding carboxylic acids is 3. The Balaban J connectivity index is 1.57. The van der Waals surface area contributed by atoms with Crippen LogP contribution in [-0.4, -0.2) is 53.7 Å². The highest BCUT2D eigenvalue weighted by molar-refractivity contribution is 6.00. The summed E-state index contributed by atoms with van der Waals surface area (Å²) in [5, 5.41) is 3.91. The van der Waals surface area contributed by atoms with E-state index in [0.717, 1.165) is 18.2 Å². The number of hydrogen-bond acceptors (Lipinski definition) is 4. The first-order valence-corrected chi connectivity index (χ1v) is 12.6. The molecule has 36 heavy (non-hydrogen) atoms. The van der Waals surface area contributed by atoms with E-state index in [2.05, 4.69) is 17.4 Å². The van der Waals surface area contributed by atoms with Gasteiger partial charge in [0.2, 0.25) is 17.7 Å². The zero-order valence-corrected chi connectivity index (χ0v) is 21.2. The Kier molecular flexibility index (Phi) is 6.33. The Labute approximate surface area is 211 Å². The van der Waals surface area contributed by atoms with E-state index in [0.29, 0.717) is 17.6 Å². The molecule has 2 heterocycles. The summed E-state index contributed by atoms with van der Waals surface area (Å²) < 4.78 is 5.49. The number of nitrogens with zero attached hydrogens (tertiary/aromatic N) is 2. The summed E-state index contributed by atoms with van der Waals surface area (Å²) in [6, 6.07) is 13.2. The van der Waals surface area contributed by atoms with Gasteiger partial charge in [-0.3, -0.25) is 14.4 Å². The van der Waals surface area contributed by atoms with E-state index >= 15 is 0 Å². The third-order valence-electron chi connectivity index (χ3n) is 7.45. The Hall–Kier alpha value is -3.61. The maximum atomic E-state index is 14.3. The van der Waals surface area contributed by atoms with E-state index < -0.39 is 18.1 Å². The minimum absolute atomic E-state index is 0.0483. The molecule has 7 nitrogen and oxygen atoms in total. The van der Waals surface area contributed by atoms with Crippen LogP contribution >= 0.6 is 0 Å². The monoisotopic (exact) mass is 487 g/mol. The Morgan fingerprint density at radius 1 is 1.08 bits per heavy atom. The minimum Gasteiger partial charge on any atom is -0.464 e. The van der Waals surface area contributed by atoms with Crippen molar-refractivity contribution in [1.82, 2.24) is 15.1 Å². The fraction of sp³-hybridized carbons (Fsp3) is 0.414. The lowest BCUT2D eigenvalue weighted by atomic mass is 9.87. The van der Waals surface area contributed by atoms with Crippen molar-refractivity contribution < 1.29 is 18.8 Å². The van der Waals surface area contributed by atoms with Crippen LogP contribution in [0.4, 0.5) is 0 Å². The van der Waals surface area contributed by atoms with E-state index in [9.17, 15) is 14.4 Å². The topological polar surface area (TPSA) is 82.9 Å². The molecule has 0 radical (unpaired) electrons. The van der Waals surface area contributed by atoms with E-state index in [1.807, 2.05) is 50.2 Å². The van der Waals surface area contributed by atoms with Crippen LogP contribution < -0.4 is 5.32 Å². The quantitative estimate of drug-likeness (QED) is 0.575. The summed E-state index contributed by atoms with van der Waals surface area (Å²) in [6.07, 6.45) is 3.53. The summed E-state index contributed by atoms with van der Waals surface area (Å²) in [7, 11) is 3.37. The predicted octanol–water partition coefficient (Wildman–Crippen LogP) is 3.72. The van der Waals surface area contributed by atoms with Crippen molar-refractivity contribution in [2.24, 2.45) is 11.8 Å². The maximum absolute atomic E-state index is 14.3. The molecule has 5 rings (SSSR count). The van der Waals surface area contributed by atoms with Gasteiger partial charge >= 0.3 is 0 Å². The standard InChI is InChI=1S/C29H33N3O4/c1-17(2)13-23-27(33)30-25(22-14-18-7-5-6-8-19(18)15-22)28(34)32(23)26(29(35)31(3)4)21-9-10-24-20(16-21)11-12-36-24/h5-12,16-17,22-23,25-26H,13-15H2,1-4H3,(H,30,33)/t23-,25-,26?/m1/s1. The van der Waals surface area contributed by atoms with Gasteiger partial charge in [0.15, 0.2) is 0 Å². The van der Waals surface area contributed by atoms with Crippen molar-refractivity contribution in [2.75, 3.05) is 14.1 Å². The molecule has 1 saturated heterocycles. The van der Waals surface area contributed by atoms with Crippen LogP contribution in [0.15, 0.2) is 59.2 Å². The molecule has 188 valence electrons. The van der Waals surface area contributed by atoms with Crippen molar-refractivity contribution >= 4 is 28.7 Å². The SMILES string of the molecule is CC(C)C[C@@H]1C(=O)N[C@H](C2Cc3ccccc3C2)C(=O)N1C(C(=O)N(C)C)c1ccc2occc2c1. The third-order valence-corrected chi connectivity index (χ3v) is 7.45. The molecular weight excluding hydrogens is 454 g/mol. The summed E-state index contributed by atoms with van der Waals surface area (Å²) >= 11 is 0. The number of fused-ring (bicyclic) bond motifs is 2. The minimum atomic E-state index is -0.909. The lowest BCUT2D eigenvalue weighted by molar-refractivity contribution is -0.159. The molecule has 0 saturated carbocycles. The Morgan fingerprint density at radius 2 is 1.78 bits per heavy atom. The molecule has 1 N–H and O–H groups in total. The highest BCUT2D eigenvalue weighted by atomic mass is 16.3. The number of carbonyl (C=O) groups is 3. The Bertz CT molecular complexity index is 1290. The lowest BCUT2D eigenvalue weighted by Gasteiger charge is -2.45. The van der Waals surface area contributed by atoms with Gasteiger partial charge in [-0.15, -0.1) is 0 Å². The third kappa shape index (κ3) is 4.27. The van der Waals surface area contributed by atoms with Gasteiger partial charge in [-0.1, -0.05) is 44.2 Å². The number of furan rings is 1. The van der Waals surface area contributed by atoms with E-state index in [1.165, 1.54) is 16.0 Å². The molecule has 1 unspecified atom stereocenters. The van der Waals surface area contributed by atoms with Crippen molar-refractivity contribution in [1.29, 1.82) is 0 Å². The average molecular weight is 488 g/mol. The first-order chi connectivity index (χ1) is 17.2. The highest BCUT2D eigenvalue weighted by Crippen LogP contribution is 2.36. The molecule has 7 heteroatoms. The molecule has 2 aromatic carbocycles. The molecule has 0 bridgehead atoms. The van der Waals surface area contributed by atoms with Gasteiger partial charge in [0, 0.05) is 19.5 Å². The number of benzene rings is 2. The number of piperazine rings is 1. The summed E-state index contributed by atoms with van der Waals surface area (Å²) in [6.45, 7) is 4.05. The molecule has 3 aromatic rings. The maximum Gasteiger partial charge on any atom is 0.249 e. The number of rotatable bonds is 6. The van der Waals surface area contributed by atoms with Crippen LogP contribution in [0, 0.1) is 11.8 Å². The number of nitrogens with one attached hydrogen (secondary N) is 1. The van der Waals surface area contributed by atoms with Crippen molar-refractivity contribution in [3.8, 4) is 0 Å². The van der Waals surface area contributed by atoms with Crippen molar-refractivity contribution in [2.45, 2.75) is 51.2 Å². The molecule has 2 aliphatic rings. The van der Waals surface area contributed by atoms with Crippen LogP contribution in [0.25, 0.3) is 11.0 Å². The van der Waals surface area contributed by atoms with Gasteiger partial charge in [-0.2, -0.15) is 0 Å². The number of likely N-dealkylation sites (N-methyl/N-ethyl adjacent to an activating group) is 1. The molecule has 3 amide bonds. The summed E-state index contributed by atoms with van der Waals surface area (Å²) in [4.78, 5) is 44.6. The largest absolute Gasteiger partial charge is 0.464 e. The van der Waals surface area contributed by atoms with E-state index in [1.54, 1.807) is 25.3 Å². The van der Waals surface area contributed by atoms with E-state index in [4.69, 9.17) is 4.42 Å². The van der Waals surface area contributed by atoms with Crippen molar-refractivity contribution in [3.63, 3.8) is 0 Å². The Morgan fingerprint density at radius 3 is 2.42 bits per heavy atom. The second kappa shape index (κ2) is 9.45. The van der Waals surface area contributed by atoms with E-state index in [-0.39, 0.29) is 29.6 Å². The predicted molar refractivity (Wildman–Crippen MR) is 137 cm³/mol. The second-order valence-corrected chi connectivity index (χ2v) is 10.7. The van der Waals surface area contributed by atoms with Gasteiger partial charge < -0.3 is 19.5 Å². The van der Waals surface area contributed by atoms with Crippen LogP contribution in [0.2, 0.25) is 0 Å². The molecule has 1 aliphatic heterocycles. The zero-order chi connectivity index (χ0) is 25.6. The van der Waals surface area contributed by atoms with Crippen LogP contribution in [0.3, 0.4) is 0 Å². The summed E-state index contributed by atoms with van der Waals surface area (Å²) in [5.74, 6) is -0.499. The zero-order valence-electron chi connectivity index (χ0n) is 21.2. The second-order valence-electron chi connectivity index (χ2n) is 10.7. The molecule has 1 aliphatic carbocycles. The van der Waals surface area contributed by atoms with Gasteiger partial charge in [-0.25, -0.2) is 0 Å².